The average Bonchev–Trinajstić information content (AvgIpc) is 2.30. The van der Waals surface area contributed by atoms with Gasteiger partial charge in [0.1, 0.15) is 5.82 Å². The van der Waals surface area contributed by atoms with Gasteiger partial charge in [-0.15, -0.1) is 0 Å². The number of hydrogen-bond acceptors (Lipinski definition) is 2. The second kappa shape index (κ2) is 7.01. The van der Waals surface area contributed by atoms with Crippen LogP contribution in [0.2, 0.25) is 0 Å². The molecule has 4 heteroatoms. The van der Waals surface area contributed by atoms with Crippen LogP contribution in [0, 0.1) is 5.82 Å². The van der Waals surface area contributed by atoms with Gasteiger partial charge in [0.2, 0.25) is 5.91 Å². The third-order valence-electron chi connectivity index (χ3n) is 2.56. The fraction of sp³-hybridized carbons (Fsp3) is 0.462. The molecule has 1 amide bonds. The molecule has 0 saturated carbocycles. The van der Waals surface area contributed by atoms with Crippen molar-refractivity contribution >= 4 is 5.91 Å². The lowest BCUT2D eigenvalue weighted by Crippen LogP contribution is -2.26. The minimum Gasteiger partial charge on any atom is -0.396 e. The third kappa shape index (κ3) is 4.95. The van der Waals surface area contributed by atoms with Crippen LogP contribution in [0.15, 0.2) is 24.3 Å². The van der Waals surface area contributed by atoms with Crippen LogP contribution in [0.3, 0.4) is 0 Å². The van der Waals surface area contributed by atoms with Gasteiger partial charge < -0.3 is 10.4 Å². The number of nitrogens with one attached hydrogen (secondary N) is 1. The summed E-state index contributed by atoms with van der Waals surface area (Å²) in [4.78, 5) is 11.5. The Morgan fingerprint density at radius 2 is 2.00 bits per heavy atom. The second-order valence-electron chi connectivity index (χ2n) is 4.02. The molecule has 1 aromatic carbocycles. The number of aliphatic hydroxyl groups excluding tert-OH is 1. The van der Waals surface area contributed by atoms with E-state index in [4.69, 9.17) is 5.11 Å². The van der Waals surface area contributed by atoms with Crippen molar-refractivity contribution < 1.29 is 14.3 Å². The standard InChI is InChI=1S/C13H18FNO2/c1-10(11-5-7-12(14)8-6-11)15-13(17)4-2-3-9-16/h5-8,10,16H,2-4,9H2,1H3,(H,15,17). The van der Waals surface area contributed by atoms with Crippen molar-refractivity contribution in [2.24, 2.45) is 0 Å². The molecule has 17 heavy (non-hydrogen) atoms. The van der Waals surface area contributed by atoms with Crippen molar-refractivity contribution in [3.05, 3.63) is 35.6 Å². The molecule has 1 aromatic rings. The lowest BCUT2D eigenvalue weighted by molar-refractivity contribution is -0.121. The molecule has 0 saturated heterocycles. The Morgan fingerprint density at radius 3 is 2.59 bits per heavy atom. The largest absolute Gasteiger partial charge is 0.396 e. The Balaban J connectivity index is 2.40. The summed E-state index contributed by atoms with van der Waals surface area (Å²) in [7, 11) is 0. The van der Waals surface area contributed by atoms with Crippen LogP contribution in [-0.4, -0.2) is 17.6 Å². The van der Waals surface area contributed by atoms with Crippen LogP contribution >= 0.6 is 0 Å². The first-order chi connectivity index (χ1) is 8.13. The van der Waals surface area contributed by atoms with E-state index in [0.29, 0.717) is 19.3 Å². The smallest absolute Gasteiger partial charge is 0.220 e. The molecule has 0 aliphatic carbocycles. The van der Waals surface area contributed by atoms with Crippen LogP contribution < -0.4 is 5.32 Å². The summed E-state index contributed by atoms with van der Waals surface area (Å²) in [5.74, 6) is -0.328. The lowest BCUT2D eigenvalue weighted by atomic mass is 10.1. The van der Waals surface area contributed by atoms with Gasteiger partial charge in [0.25, 0.3) is 0 Å². The van der Waals surface area contributed by atoms with E-state index in [9.17, 15) is 9.18 Å². The van der Waals surface area contributed by atoms with E-state index in [0.717, 1.165) is 5.56 Å². The quantitative estimate of drug-likeness (QED) is 0.747. The Morgan fingerprint density at radius 1 is 1.35 bits per heavy atom. The lowest BCUT2D eigenvalue weighted by Gasteiger charge is -2.14. The maximum atomic E-state index is 12.7. The molecule has 0 aliphatic rings. The zero-order chi connectivity index (χ0) is 12.7. The summed E-state index contributed by atoms with van der Waals surface area (Å²) < 4.78 is 12.7. The molecule has 0 spiro atoms. The molecular weight excluding hydrogens is 221 g/mol. The molecule has 0 fully saturated rings. The van der Waals surface area contributed by atoms with Crippen molar-refractivity contribution in [1.29, 1.82) is 0 Å². The first-order valence-corrected chi connectivity index (χ1v) is 5.79. The highest BCUT2D eigenvalue weighted by atomic mass is 19.1. The van der Waals surface area contributed by atoms with Crippen LogP contribution in [0.25, 0.3) is 0 Å². The van der Waals surface area contributed by atoms with Crippen LogP contribution in [0.5, 0.6) is 0 Å². The number of aliphatic hydroxyl groups is 1. The maximum absolute atomic E-state index is 12.7. The van der Waals surface area contributed by atoms with Crippen molar-refractivity contribution in [2.75, 3.05) is 6.61 Å². The second-order valence-corrected chi connectivity index (χ2v) is 4.02. The Bertz CT molecular complexity index is 351. The first-order valence-electron chi connectivity index (χ1n) is 5.79. The van der Waals surface area contributed by atoms with Crippen LogP contribution in [-0.2, 0) is 4.79 Å². The van der Waals surface area contributed by atoms with Gasteiger partial charge in [0, 0.05) is 13.0 Å². The molecule has 1 rings (SSSR count). The number of halogens is 1. The van der Waals surface area contributed by atoms with Crippen LogP contribution in [0.4, 0.5) is 4.39 Å². The topological polar surface area (TPSA) is 49.3 Å². The van der Waals surface area contributed by atoms with Crippen LogP contribution in [0.1, 0.15) is 37.8 Å². The fourth-order valence-electron chi connectivity index (χ4n) is 1.55. The van der Waals surface area contributed by atoms with Crippen molar-refractivity contribution in [1.82, 2.24) is 5.32 Å². The molecule has 0 bridgehead atoms. The minimum absolute atomic E-state index is 0.0460. The van der Waals surface area contributed by atoms with E-state index in [1.165, 1.54) is 12.1 Å². The summed E-state index contributed by atoms with van der Waals surface area (Å²) >= 11 is 0. The molecule has 0 radical (unpaired) electrons. The van der Waals surface area contributed by atoms with Gasteiger partial charge in [-0.3, -0.25) is 4.79 Å². The predicted octanol–water partition coefficient (Wildman–Crippen LogP) is 2.17. The number of benzene rings is 1. The summed E-state index contributed by atoms with van der Waals surface area (Å²) in [6.45, 7) is 1.97. The van der Waals surface area contributed by atoms with E-state index >= 15 is 0 Å². The van der Waals surface area contributed by atoms with E-state index in [1.54, 1.807) is 12.1 Å². The number of hydrogen-bond donors (Lipinski definition) is 2. The highest BCUT2D eigenvalue weighted by Gasteiger charge is 2.08. The minimum atomic E-state index is -0.282. The fourth-order valence-corrected chi connectivity index (χ4v) is 1.55. The first kappa shape index (κ1) is 13.6. The highest BCUT2D eigenvalue weighted by molar-refractivity contribution is 5.76. The van der Waals surface area contributed by atoms with Crippen molar-refractivity contribution in [2.45, 2.75) is 32.2 Å². The Labute approximate surface area is 101 Å². The molecule has 0 aromatic heterocycles. The van der Waals surface area contributed by atoms with Crippen molar-refractivity contribution in [3.63, 3.8) is 0 Å². The highest BCUT2D eigenvalue weighted by Crippen LogP contribution is 2.13. The molecule has 3 nitrogen and oxygen atoms in total. The number of carbonyl (C=O) groups excluding carboxylic acids is 1. The summed E-state index contributed by atoms with van der Waals surface area (Å²) in [5.41, 5.74) is 0.877. The monoisotopic (exact) mass is 239 g/mol. The van der Waals surface area contributed by atoms with Gasteiger partial charge in [-0.25, -0.2) is 4.39 Å². The molecule has 0 heterocycles. The normalized spacial score (nSPS) is 12.2. The third-order valence-corrected chi connectivity index (χ3v) is 2.56. The SMILES string of the molecule is CC(NC(=O)CCCCO)c1ccc(F)cc1. The Hall–Kier alpha value is -1.42. The zero-order valence-electron chi connectivity index (χ0n) is 9.95. The molecule has 1 atom stereocenters. The van der Waals surface area contributed by atoms with Gasteiger partial charge in [-0.1, -0.05) is 12.1 Å². The summed E-state index contributed by atoms with van der Waals surface area (Å²) in [6.07, 6.45) is 1.73. The van der Waals surface area contributed by atoms with Gasteiger partial charge >= 0.3 is 0 Å². The molecule has 94 valence electrons. The predicted molar refractivity (Wildman–Crippen MR) is 63.9 cm³/mol. The number of unbranched alkanes of at least 4 members (excludes halogenated alkanes) is 1. The van der Waals surface area contributed by atoms with Gasteiger partial charge in [-0.05, 0) is 37.5 Å². The molecular formula is C13H18FNO2. The van der Waals surface area contributed by atoms with Crippen molar-refractivity contribution in [3.8, 4) is 0 Å². The molecule has 1 unspecified atom stereocenters. The van der Waals surface area contributed by atoms with Gasteiger partial charge in [0.05, 0.1) is 6.04 Å². The van der Waals surface area contributed by atoms with E-state index in [-0.39, 0.29) is 24.4 Å². The zero-order valence-corrected chi connectivity index (χ0v) is 9.95. The number of rotatable bonds is 6. The molecule has 2 N–H and O–H groups in total. The Kier molecular flexibility index (Phi) is 5.63. The van der Waals surface area contributed by atoms with Gasteiger partial charge in [0.15, 0.2) is 0 Å². The van der Waals surface area contributed by atoms with E-state index in [1.807, 2.05) is 6.92 Å². The summed E-state index contributed by atoms with van der Waals surface area (Å²) in [6, 6.07) is 5.95. The van der Waals surface area contributed by atoms with E-state index in [2.05, 4.69) is 5.32 Å². The molecule has 0 aliphatic heterocycles. The number of carbonyl (C=O) groups is 1. The summed E-state index contributed by atoms with van der Waals surface area (Å²) in [5, 5.41) is 11.4. The number of amides is 1. The maximum Gasteiger partial charge on any atom is 0.220 e. The average molecular weight is 239 g/mol. The van der Waals surface area contributed by atoms with E-state index < -0.39 is 0 Å². The van der Waals surface area contributed by atoms with Gasteiger partial charge in [-0.2, -0.15) is 0 Å².